The van der Waals surface area contributed by atoms with Crippen LogP contribution < -0.4 is 15.4 Å². The zero-order valence-electron chi connectivity index (χ0n) is 15.5. The summed E-state index contributed by atoms with van der Waals surface area (Å²) in [6.45, 7) is 4.92. The molecule has 0 aliphatic heterocycles. The molecule has 1 aromatic carbocycles. The molecule has 0 aliphatic carbocycles. The second kappa shape index (κ2) is 9.65. The van der Waals surface area contributed by atoms with Gasteiger partial charge in [-0.3, -0.25) is 4.79 Å². The highest BCUT2D eigenvalue weighted by Crippen LogP contribution is 2.19. The molecule has 144 valence electrons. The Bertz CT molecular complexity index is 627. The Kier molecular flexibility index (Phi) is 7.89. The van der Waals surface area contributed by atoms with E-state index < -0.39 is 29.6 Å². The van der Waals surface area contributed by atoms with Gasteiger partial charge in [0.15, 0.2) is 0 Å². The first kappa shape index (κ1) is 21.3. The third-order valence-corrected chi connectivity index (χ3v) is 3.67. The molecule has 0 saturated carbocycles. The highest BCUT2D eigenvalue weighted by Gasteiger charge is 2.33. The predicted molar refractivity (Wildman–Crippen MR) is 95.0 cm³/mol. The van der Waals surface area contributed by atoms with Crippen molar-refractivity contribution in [1.82, 2.24) is 10.6 Å². The standard InChI is InChI=1S/C18H26N2O6/c1-5-6-11-26-17(24)19-14(12-7-9-13(25-4)10-8-12)15(21)20-18(2,3)16(22)23/h7-10,14H,5-6,11H2,1-4H3,(H,19,24)(H,20,21)(H,22,23)/t14-/m0/s1. The minimum atomic E-state index is -1.49. The topological polar surface area (TPSA) is 114 Å². The van der Waals surface area contributed by atoms with Crippen LogP contribution in [0.4, 0.5) is 4.79 Å². The molecule has 2 amide bonds. The molecule has 0 aromatic heterocycles. The van der Waals surface area contributed by atoms with Crippen LogP contribution in [0.2, 0.25) is 0 Å². The molecule has 1 aromatic rings. The van der Waals surface area contributed by atoms with Crippen molar-refractivity contribution in [1.29, 1.82) is 0 Å². The number of methoxy groups -OCH3 is 1. The molecular weight excluding hydrogens is 340 g/mol. The maximum absolute atomic E-state index is 12.6. The van der Waals surface area contributed by atoms with Gasteiger partial charge in [-0.05, 0) is 38.0 Å². The second-order valence-electron chi connectivity index (χ2n) is 6.26. The summed E-state index contributed by atoms with van der Waals surface area (Å²) in [7, 11) is 1.51. The number of aliphatic carboxylic acids is 1. The number of nitrogens with one attached hydrogen (secondary N) is 2. The third kappa shape index (κ3) is 6.27. The lowest BCUT2D eigenvalue weighted by Crippen LogP contribution is -2.53. The van der Waals surface area contributed by atoms with Gasteiger partial charge in [-0.2, -0.15) is 0 Å². The number of unbranched alkanes of at least 4 members (excludes halogenated alkanes) is 1. The first-order valence-corrected chi connectivity index (χ1v) is 8.34. The third-order valence-electron chi connectivity index (χ3n) is 3.67. The predicted octanol–water partition coefficient (Wildman–Crippen LogP) is 2.24. The maximum Gasteiger partial charge on any atom is 0.408 e. The summed E-state index contributed by atoms with van der Waals surface area (Å²) in [5.41, 5.74) is -1.02. The van der Waals surface area contributed by atoms with E-state index in [9.17, 15) is 19.5 Å². The molecule has 1 atom stereocenters. The lowest BCUT2D eigenvalue weighted by atomic mass is 10.0. The van der Waals surface area contributed by atoms with Gasteiger partial charge in [0.25, 0.3) is 0 Å². The van der Waals surface area contributed by atoms with Gasteiger partial charge in [0, 0.05) is 0 Å². The van der Waals surface area contributed by atoms with E-state index >= 15 is 0 Å². The Hall–Kier alpha value is -2.77. The number of amides is 2. The number of carbonyl (C=O) groups excluding carboxylic acids is 2. The SMILES string of the molecule is CCCCOC(=O)N[C@H](C(=O)NC(C)(C)C(=O)O)c1ccc(OC)cc1. The van der Waals surface area contributed by atoms with Crippen molar-refractivity contribution in [2.45, 2.75) is 45.2 Å². The number of hydrogen-bond acceptors (Lipinski definition) is 5. The zero-order valence-corrected chi connectivity index (χ0v) is 15.5. The first-order valence-electron chi connectivity index (χ1n) is 8.34. The Labute approximate surface area is 152 Å². The van der Waals surface area contributed by atoms with Gasteiger partial charge < -0.3 is 25.2 Å². The fraction of sp³-hybridized carbons (Fsp3) is 0.500. The Morgan fingerprint density at radius 2 is 1.81 bits per heavy atom. The first-order chi connectivity index (χ1) is 12.2. The summed E-state index contributed by atoms with van der Waals surface area (Å²) in [5.74, 6) is -1.26. The van der Waals surface area contributed by atoms with Gasteiger partial charge in [-0.25, -0.2) is 9.59 Å². The van der Waals surface area contributed by atoms with Crippen molar-refractivity contribution >= 4 is 18.0 Å². The average Bonchev–Trinajstić information content (AvgIpc) is 2.59. The number of rotatable bonds is 9. The number of alkyl carbamates (subject to hydrolysis) is 1. The number of carbonyl (C=O) groups is 3. The van der Waals surface area contributed by atoms with Crippen molar-refractivity contribution in [2.75, 3.05) is 13.7 Å². The molecular formula is C18H26N2O6. The number of carboxylic acids is 1. The van der Waals surface area contributed by atoms with Gasteiger partial charge in [0.2, 0.25) is 5.91 Å². The van der Waals surface area contributed by atoms with Crippen LogP contribution in [0, 0.1) is 0 Å². The smallest absolute Gasteiger partial charge is 0.408 e. The Morgan fingerprint density at radius 1 is 1.19 bits per heavy atom. The Balaban J connectivity index is 2.98. The minimum absolute atomic E-state index is 0.236. The van der Waals surface area contributed by atoms with E-state index in [-0.39, 0.29) is 6.61 Å². The highest BCUT2D eigenvalue weighted by molar-refractivity contribution is 5.91. The summed E-state index contributed by atoms with van der Waals surface area (Å²) in [5, 5.41) is 14.1. The zero-order chi connectivity index (χ0) is 19.7. The number of hydrogen-bond donors (Lipinski definition) is 3. The van der Waals surface area contributed by atoms with Gasteiger partial charge in [0.05, 0.1) is 13.7 Å². The van der Waals surface area contributed by atoms with E-state index in [0.717, 1.165) is 6.42 Å². The molecule has 26 heavy (non-hydrogen) atoms. The normalized spacial score (nSPS) is 12.0. The van der Waals surface area contributed by atoms with Gasteiger partial charge >= 0.3 is 12.1 Å². The van der Waals surface area contributed by atoms with E-state index in [1.54, 1.807) is 24.3 Å². The van der Waals surface area contributed by atoms with Crippen molar-refractivity contribution in [2.24, 2.45) is 0 Å². The fourth-order valence-electron chi connectivity index (χ4n) is 2.00. The molecule has 0 fully saturated rings. The number of carboxylic acid groups (broad SMARTS) is 1. The van der Waals surface area contributed by atoms with Crippen LogP contribution in [0.5, 0.6) is 5.75 Å². The fourth-order valence-corrected chi connectivity index (χ4v) is 2.00. The number of ether oxygens (including phenoxy) is 2. The average molecular weight is 366 g/mol. The minimum Gasteiger partial charge on any atom is -0.497 e. The molecule has 0 radical (unpaired) electrons. The maximum atomic E-state index is 12.6. The van der Waals surface area contributed by atoms with Gasteiger partial charge in [0.1, 0.15) is 17.3 Å². The molecule has 0 aliphatic rings. The van der Waals surface area contributed by atoms with E-state index in [4.69, 9.17) is 9.47 Å². The van der Waals surface area contributed by atoms with Crippen LogP contribution in [0.15, 0.2) is 24.3 Å². The number of benzene rings is 1. The molecule has 0 saturated heterocycles. The Morgan fingerprint density at radius 3 is 2.31 bits per heavy atom. The summed E-state index contributed by atoms with van der Waals surface area (Å²) in [6.07, 6.45) is 0.823. The summed E-state index contributed by atoms with van der Waals surface area (Å²) in [4.78, 5) is 35.8. The van der Waals surface area contributed by atoms with Crippen molar-refractivity contribution < 1.29 is 29.0 Å². The van der Waals surface area contributed by atoms with E-state index in [1.807, 2.05) is 6.92 Å². The quantitative estimate of drug-likeness (QED) is 0.578. The summed E-state index contributed by atoms with van der Waals surface area (Å²) >= 11 is 0. The molecule has 0 unspecified atom stereocenters. The highest BCUT2D eigenvalue weighted by atomic mass is 16.5. The summed E-state index contributed by atoms with van der Waals surface area (Å²) in [6, 6.07) is 5.41. The molecule has 0 spiro atoms. The largest absolute Gasteiger partial charge is 0.497 e. The molecule has 0 heterocycles. The summed E-state index contributed by atoms with van der Waals surface area (Å²) < 4.78 is 10.1. The molecule has 8 nitrogen and oxygen atoms in total. The lowest BCUT2D eigenvalue weighted by Gasteiger charge is -2.25. The van der Waals surface area contributed by atoms with Crippen molar-refractivity contribution in [3.05, 3.63) is 29.8 Å². The van der Waals surface area contributed by atoms with Crippen LogP contribution in [0.25, 0.3) is 0 Å². The van der Waals surface area contributed by atoms with Crippen LogP contribution in [-0.2, 0) is 14.3 Å². The van der Waals surface area contributed by atoms with Gasteiger partial charge in [-0.1, -0.05) is 25.5 Å². The lowest BCUT2D eigenvalue weighted by molar-refractivity contribution is -0.146. The molecule has 1 rings (SSSR count). The van der Waals surface area contributed by atoms with Crippen LogP contribution in [0.3, 0.4) is 0 Å². The van der Waals surface area contributed by atoms with Gasteiger partial charge in [-0.15, -0.1) is 0 Å². The van der Waals surface area contributed by atoms with E-state index in [2.05, 4.69) is 10.6 Å². The molecule has 3 N–H and O–H groups in total. The van der Waals surface area contributed by atoms with Crippen LogP contribution in [-0.4, -0.2) is 42.3 Å². The van der Waals surface area contributed by atoms with Crippen LogP contribution >= 0.6 is 0 Å². The van der Waals surface area contributed by atoms with Crippen molar-refractivity contribution in [3.8, 4) is 5.75 Å². The van der Waals surface area contributed by atoms with E-state index in [0.29, 0.717) is 17.7 Å². The molecule has 8 heteroatoms. The second-order valence-corrected chi connectivity index (χ2v) is 6.26. The van der Waals surface area contributed by atoms with Crippen molar-refractivity contribution in [3.63, 3.8) is 0 Å². The monoisotopic (exact) mass is 366 g/mol. The van der Waals surface area contributed by atoms with Crippen LogP contribution in [0.1, 0.15) is 45.2 Å². The molecule has 0 bridgehead atoms. The van der Waals surface area contributed by atoms with E-state index in [1.165, 1.54) is 21.0 Å².